The monoisotopic (exact) mass is 253 g/mol. The van der Waals surface area contributed by atoms with Gasteiger partial charge in [-0.3, -0.25) is 0 Å². The fraction of sp³-hybridized carbons (Fsp3) is 1.00. The molecule has 1 spiro atoms. The average Bonchev–Trinajstić information content (AvgIpc) is 2.74. The molecule has 2 saturated heterocycles. The molecule has 2 fully saturated rings. The molecule has 0 aliphatic carbocycles. The van der Waals surface area contributed by atoms with Crippen molar-refractivity contribution in [1.29, 1.82) is 0 Å². The van der Waals surface area contributed by atoms with Gasteiger partial charge in [0.2, 0.25) is 0 Å². The van der Waals surface area contributed by atoms with Gasteiger partial charge >= 0.3 is 0 Å². The third-order valence-corrected chi connectivity index (χ3v) is 5.09. The lowest BCUT2D eigenvalue weighted by atomic mass is 9.75. The first-order valence-corrected chi connectivity index (χ1v) is 7.87. The second-order valence-electron chi connectivity index (χ2n) is 8.43. The molecule has 2 heterocycles. The van der Waals surface area contributed by atoms with Gasteiger partial charge in [-0.1, -0.05) is 13.8 Å². The molecule has 2 nitrogen and oxygen atoms in total. The van der Waals surface area contributed by atoms with Crippen LogP contribution in [0, 0.1) is 5.41 Å². The summed E-state index contributed by atoms with van der Waals surface area (Å²) in [6.07, 6.45) is 8.32. The molecule has 18 heavy (non-hydrogen) atoms. The molecular formula is C16H33N2+. The lowest BCUT2D eigenvalue weighted by molar-refractivity contribution is -0.929. The van der Waals surface area contributed by atoms with Crippen LogP contribution in [0.3, 0.4) is 0 Å². The molecule has 0 saturated carbocycles. The molecule has 106 valence electrons. The number of nitrogens with zero attached hydrogens (tertiary/aromatic N) is 1. The van der Waals surface area contributed by atoms with Crippen molar-refractivity contribution in [3.8, 4) is 0 Å². The van der Waals surface area contributed by atoms with Crippen molar-refractivity contribution in [2.24, 2.45) is 11.1 Å². The van der Waals surface area contributed by atoms with Crippen LogP contribution in [-0.4, -0.2) is 35.7 Å². The van der Waals surface area contributed by atoms with Gasteiger partial charge in [-0.15, -0.1) is 0 Å². The standard InChI is InChI=1S/C16H33N2/c1-15(2,13-16(3,4)17)12-14-8-7-11-18(14)9-5-6-10-18/h14H,5-13,17H2,1-4H3/q+1. The van der Waals surface area contributed by atoms with Crippen LogP contribution in [0.2, 0.25) is 0 Å². The van der Waals surface area contributed by atoms with E-state index in [-0.39, 0.29) is 5.54 Å². The van der Waals surface area contributed by atoms with Crippen molar-refractivity contribution in [2.45, 2.75) is 77.8 Å². The first-order valence-electron chi connectivity index (χ1n) is 7.87. The van der Waals surface area contributed by atoms with Crippen molar-refractivity contribution in [3.05, 3.63) is 0 Å². The molecule has 0 aromatic heterocycles. The Hall–Kier alpha value is -0.0800. The average molecular weight is 253 g/mol. The predicted octanol–water partition coefficient (Wildman–Crippen LogP) is 3.30. The molecule has 2 heteroatoms. The highest BCUT2D eigenvalue weighted by Crippen LogP contribution is 2.41. The van der Waals surface area contributed by atoms with Crippen LogP contribution < -0.4 is 5.73 Å². The van der Waals surface area contributed by atoms with Crippen LogP contribution in [0.1, 0.15) is 66.2 Å². The van der Waals surface area contributed by atoms with Crippen molar-refractivity contribution in [3.63, 3.8) is 0 Å². The third kappa shape index (κ3) is 3.27. The highest BCUT2D eigenvalue weighted by molar-refractivity contribution is 4.86. The normalized spacial score (nSPS) is 28.2. The Morgan fingerprint density at radius 2 is 1.56 bits per heavy atom. The number of hydrogen-bond acceptors (Lipinski definition) is 1. The highest BCUT2D eigenvalue weighted by Gasteiger charge is 2.46. The van der Waals surface area contributed by atoms with E-state index in [0.29, 0.717) is 5.41 Å². The summed E-state index contributed by atoms with van der Waals surface area (Å²) in [5.41, 5.74) is 6.60. The van der Waals surface area contributed by atoms with Crippen LogP contribution in [-0.2, 0) is 0 Å². The zero-order valence-electron chi connectivity index (χ0n) is 13.0. The van der Waals surface area contributed by atoms with E-state index in [9.17, 15) is 0 Å². The number of hydrogen-bond donors (Lipinski definition) is 1. The van der Waals surface area contributed by atoms with Crippen LogP contribution in [0.4, 0.5) is 0 Å². The molecule has 2 aliphatic rings. The third-order valence-electron chi connectivity index (χ3n) is 5.09. The summed E-state index contributed by atoms with van der Waals surface area (Å²) in [6, 6.07) is 0.921. The van der Waals surface area contributed by atoms with E-state index in [2.05, 4.69) is 27.7 Å². The summed E-state index contributed by atoms with van der Waals surface area (Å²) in [6.45, 7) is 13.5. The van der Waals surface area contributed by atoms with E-state index < -0.39 is 0 Å². The first-order chi connectivity index (χ1) is 8.23. The van der Waals surface area contributed by atoms with Gasteiger partial charge in [-0.25, -0.2) is 0 Å². The highest BCUT2D eigenvalue weighted by atomic mass is 15.4. The van der Waals surface area contributed by atoms with E-state index in [1.807, 2.05) is 0 Å². The molecular weight excluding hydrogens is 220 g/mol. The van der Waals surface area contributed by atoms with Gasteiger partial charge < -0.3 is 10.2 Å². The van der Waals surface area contributed by atoms with Gasteiger partial charge in [0.15, 0.2) is 0 Å². The molecule has 2 aliphatic heterocycles. The Kier molecular flexibility index (Phi) is 3.81. The van der Waals surface area contributed by atoms with Gasteiger partial charge in [-0.05, 0) is 25.7 Å². The van der Waals surface area contributed by atoms with E-state index >= 15 is 0 Å². The van der Waals surface area contributed by atoms with Crippen molar-refractivity contribution in [1.82, 2.24) is 0 Å². The number of nitrogens with two attached hydrogens (primary N) is 1. The SMILES string of the molecule is CC(C)(N)CC(C)(C)CC1CCC[N+]12CCCC2. The fourth-order valence-corrected chi connectivity index (χ4v) is 4.89. The smallest absolute Gasteiger partial charge is 0.0897 e. The molecule has 0 bridgehead atoms. The van der Waals surface area contributed by atoms with Gasteiger partial charge in [0.05, 0.1) is 25.7 Å². The lowest BCUT2D eigenvalue weighted by Crippen LogP contribution is -2.51. The van der Waals surface area contributed by atoms with Crippen LogP contribution in [0.15, 0.2) is 0 Å². The van der Waals surface area contributed by atoms with Crippen LogP contribution >= 0.6 is 0 Å². The van der Waals surface area contributed by atoms with E-state index in [4.69, 9.17) is 5.73 Å². The summed E-state index contributed by atoms with van der Waals surface area (Å²) in [4.78, 5) is 0. The second-order valence-corrected chi connectivity index (χ2v) is 8.43. The predicted molar refractivity (Wildman–Crippen MR) is 78.4 cm³/mol. The molecule has 1 unspecified atom stereocenters. The molecule has 2 N–H and O–H groups in total. The Balaban J connectivity index is 1.99. The van der Waals surface area contributed by atoms with Crippen molar-refractivity contribution >= 4 is 0 Å². The van der Waals surface area contributed by atoms with E-state index in [0.717, 1.165) is 12.5 Å². The summed E-state index contributed by atoms with van der Waals surface area (Å²) in [5.74, 6) is 0. The zero-order chi connectivity index (χ0) is 13.4. The zero-order valence-corrected chi connectivity index (χ0v) is 13.0. The minimum atomic E-state index is -0.0298. The summed E-state index contributed by atoms with van der Waals surface area (Å²) < 4.78 is 1.45. The van der Waals surface area contributed by atoms with Crippen molar-refractivity contribution in [2.75, 3.05) is 19.6 Å². The first kappa shape index (κ1) is 14.3. The topological polar surface area (TPSA) is 26.0 Å². The molecule has 0 aromatic rings. The maximum absolute atomic E-state index is 6.24. The van der Waals surface area contributed by atoms with Gasteiger partial charge in [0.1, 0.15) is 0 Å². The van der Waals surface area contributed by atoms with Crippen LogP contribution in [0.25, 0.3) is 0 Å². The quantitative estimate of drug-likeness (QED) is 0.764. The Labute approximate surface area is 114 Å². The van der Waals surface area contributed by atoms with Crippen molar-refractivity contribution < 1.29 is 4.48 Å². The molecule has 0 radical (unpaired) electrons. The molecule has 1 atom stereocenters. The lowest BCUT2D eigenvalue weighted by Gasteiger charge is -2.41. The maximum Gasteiger partial charge on any atom is 0.0897 e. The molecule has 0 aromatic carbocycles. The molecule has 2 rings (SSSR count). The number of rotatable bonds is 4. The second kappa shape index (κ2) is 4.79. The largest absolute Gasteiger partial charge is 0.326 e. The minimum Gasteiger partial charge on any atom is -0.326 e. The summed E-state index contributed by atoms with van der Waals surface area (Å²) in [5, 5.41) is 0. The van der Waals surface area contributed by atoms with E-state index in [1.54, 1.807) is 0 Å². The fourth-order valence-electron chi connectivity index (χ4n) is 4.89. The van der Waals surface area contributed by atoms with Gasteiger partial charge in [0.25, 0.3) is 0 Å². The Morgan fingerprint density at radius 3 is 2.11 bits per heavy atom. The minimum absolute atomic E-state index is 0.0298. The maximum atomic E-state index is 6.24. The Bertz CT molecular complexity index is 276. The van der Waals surface area contributed by atoms with E-state index in [1.165, 1.54) is 56.2 Å². The van der Waals surface area contributed by atoms with Crippen LogP contribution in [0.5, 0.6) is 0 Å². The number of quaternary nitrogens is 1. The Morgan fingerprint density at radius 1 is 1.00 bits per heavy atom. The molecule has 0 amide bonds. The summed E-state index contributed by atoms with van der Waals surface area (Å²) >= 11 is 0. The summed E-state index contributed by atoms with van der Waals surface area (Å²) in [7, 11) is 0. The van der Waals surface area contributed by atoms with Gasteiger partial charge in [-0.2, -0.15) is 0 Å². The van der Waals surface area contributed by atoms with Gasteiger partial charge in [0, 0.05) is 37.6 Å².